The number of fused-ring (bicyclic) bond motifs is 2. The fourth-order valence-corrected chi connectivity index (χ4v) is 4.42. The van der Waals surface area contributed by atoms with Crippen LogP contribution in [0.5, 0.6) is 0 Å². The van der Waals surface area contributed by atoms with Crippen molar-refractivity contribution in [2.75, 3.05) is 0 Å². The lowest BCUT2D eigenvalue weighted by Crippen LogP contribution is -2.09. The van der Waals surface area contributed by atoms with Crippen molar-refractivity contribution in [3.63, 3.8) is 0 Å². The third kappa shape index (κ3) is 3.32. The molecule has 0 radical (unpaired) electrons. The summed E-state index contributed by atoms with van der Waals surface area (Å²) in [6, 6.07) is 0. The summed E-state index contributed by atoms with van der Waals surface area (Å²) in [6.07, 6.45) is 10.4. The Labute approximate surface area is 129 Å². The zero-order valence-electron chi connectivity index (χ0n) is 14.0. The van der Waals surface area contributed by atoms with Crippen molar-refractivity contribution in [2.24, 2.45) is 23.7 Å². The zero-order chi connectivity index (χ0) is 14.8. The number of rotatable bonds is 6. The highest BCUT2D eigenvalue weighted by Crippen LogP contribution is 2.54. The number of aryl methyl sites for hydroxylation is 2. The van der Waals surface area contributed by atoms with E-state index in [1.807, 2.05) is 0 Å². The molecule has 1 fully saturated rings. The maximum absolute atomic E-state index is 4.49. The van der Waals surface area contributed by atoms with Gasteiger partial charge in [0.15, 0.2) is 0 Å². The van der Waals surface area contributed by atoms with Gasteiger partial charge in [-0.05, 0) is 55.8 Å². The fraction of sp³-hybridized carbons (Fsp3) is 0.889. The van der Waals surface area contributed by atoms with E-state index < -0.39 is 0 Å². The van der Waals surface area contributed by atoms with Crippen LogP contribution in [0.2, 0.25) is 0 Å². The Balaban J connectivity index is 1.57. The first kappa shape index (κ1) is 15.1. The topological polar surface area (TPSA) is 30.7 Å². The lowest BCUT2D eigenvalue weighted by Gasteiger charge is -2.11. The van der Waals surface area contributed by atoms with E-state index in [9.17, 15) is 0 Å². The van der Waals surface area contributed by atoms with Crippen LogP contribution in [-0.4, -0.2) is 15.0 Å². The highest BCUT2D eigenvalue weighted by Gasteiger charge is 2.48. The summed E-state index contributed by atoms with van der Waals surface area (Å²) in [4.78, 5) is 0. The highest BCUT2D eigenvalue weighted by atomic mass is 15.4. The first-order valence-electron chi connectivity index (χ1n) is 9.12. The SMILES string of the molecule is CC[C@@H]1[C@H]2CCc3c(nnn3CCCCC(C)C)CC[C@@H]12. The van der Waals surface area contributed by atoms with Gasteiger partial charge in [-0.1, -0.05) is 45.2 Å². The second kappa shape index (κ2) is 6.50. The van der Waals surface area contributed by atoms with E-state index in [-0.39, 0.29) is 0 Å². The first-order chi connectivity index (χ1) is 10.2. The van der Waals surface area contributed by atoms with Crippen molar-refractivity contribution in [1.29, 1.82) is 0 Å². The minimum Gasteiger partial charge on any atom is -0.249 e. The molecule has 0 aliphatic heterocycles. The molecule has 1 aromatic heterocycles. The highest BCUT2D eigenvalue weighted by molar-refractivity contribution is 5.15. The van der Waals surface area contributed by atoms with Gasteiger partial charge in [0.1, 0.15) is 0 Å². The van der Waals surface area contributed by atoms with Crippen molar-refractivity contribution in [2.45, 2.75) is 78.7 Å². The second-order valence-electron chi connectivity index (χ2n) is 7.57. The van der Waals surface area contributed by atoms with Gasteiger partial charge in [0.05, 0.1) is 11.4 Å². The molecule has 0 unspecified atom stereocenters. The summed E-state index contributed by atoms with van der Waals surface area (Å²) < 4.78 is 2.22. The average Bonchev–Trinajstić information content (AvgIpc) is 2.97. The number of aromatic nitrogens is 3. The monoisotopic (exact) mass is 289 g/mol. The van der Waals surface area contributed by atoms with E-state index in [1.54, 1.807) is 0 Å². The van der Waals surface area contributed by atoms with Gasteiger partial charge in [0.2, 0.25) is 0 Å². The molecule has 0 aromatic carbocycles. The van der Waals surface area contributed by atoms with Crippen LogP contribution in [0.25, 0.3) is 0 Å². The Morgan fingerprint density at radius 2 is 1.90 bits per heavy atom. The lowest BCUT2D eigenvalue weighted by molar-refractivity contribution is 0.471. The summed E-state index contributed by atoms with van der Waals surface area (Å²) in [5, 5.41) is 8.93. The molecule has 3 heteroatoms. The molecule has 0 N–H and O–H groups in total. The molecule has 1 heterocycles. The Hall–Kier alpha value is -0.860. The minimum atomic E-state index is 0.819. The van der Waals surface area contributed by atoms with E-state index in [4.69, 9.17) is 0 Å². The summed E-state index contributed by atoms with van der Waals surface area (Å²) in [7, 11) is 0. The molecule has 21 heavy (non-hydrogen) atoms. The van der Waals surface area contributed by atoms with E-state index in [0.717, 1.165) is 30.2 Å². The normalized spacial score (nSPS) is 27.9. The Kier molecular flexibility index (Phi) is 4.66. The van der Waals surface area contributed by atoms with E-state index in [1.165, 1.54) is 62.8 Å². The second-order valence-corrected chi connectivity index (χ2v) is 7.57. The Bertz CT molecular complexity index is 463. The predicted molar refractivity (Wildman–Crippen MR) is 86.1 cm³/mol. The molecule has 0 saturated heterocycles. The maximum atomic E-state index is 4.49. The van der Waals surface area contributed by atoms with Gasteiger partial charge in [-0.25, -0.2) is 4.68 Å². The van der Waals surface area contributed by atoms with Gasteiger partial charge in [-0.3, -0.25) is 0 Å². The third-order valence-electron chi connectivity index (χ3n) is 5.73. The lowest BCUT2D eigenvalue weighted by atomic mass is 10.0. The van der Waals surface area contributed by atoms with Crippen LogP contribution in [0.3, 0.4) is 0 Å². The third-order valence-corrected chi connectivity index (χ3v) is 5.73. The van der Waals surface area contributed by atoms with Gasteiger partial charge in [-0.15, -0.1) is 5.10 Å². The Morgan fingerprint density at radius 3 is 2.62 bits per heavy atom. The summed E-state index contributed by atoms with van der Waals surface area (Å²) in [5.74, 6) is 3.84. The van der Waals surface area contributed by atoms with Gasteiger partial charge in [0, 0.05) is 6.54 Å². The first-order valence-corrected chi connectivity index (χ1v) is 9.12. The molecule has 0 spiro atoms. The molecule has 2 aliphatic rings. The van der Waals surface area contributed by atoms with Gasteiger partial charge in [-0.2, -0.15) is 0 Å². The summed E-state index contributed by atoms with van der Waals surface area (Å²) in [6.45, 7) is 8.04. The van der Waals surface area contributed by atoms with E-state index in [2.05, 4.69) is 35.8 Å². The predicted octanol–water partition coefficient (Wildman–Crippen LogP) is 4.26. The number of hydrogen-bond donors (Lipinski definition) is 0. The molecule has 1 aromatic rings. The van der Waals surface area contributed by atoms with Crippen LogP contribution in [0.1, 0.15) is 70.7 Å². The van der Waals surface area contributed by atoms with Gasteiger partial charge < -0.3 is 0 Å². The van der Waals surface area contributed by atoms with Crippen molar-refractivity contribution in [3.8, 4) is 0 Å². The zero-order valence-corrected chi connectivity index (χ0v) is 14.0. The average molecular weight is 289 g/mol. The Morgan fingerprint density at radius 1 is 1.14 bits per heavy atom. The van der Waals surface area contributed by atoms with Gasteiger partial charge >= 0.3 is 0 Å². The van der Waals surface area contributed by atoms with Crippen LogP contribution in [0.15, 0.2) is 0 Å². The van der Waals surface area contributed by atoms with Crippen LogP contribution < -0.4 is 0 Å². The van der Waals surface area contributed by atoms with Crippen LogP contribution in [0, 0.1) is 23.7 Å². The van der Waals surface area contributed by atoms with E-state index >= 15 is 0 Å². The molecular weight excluding hydrogens is 258 g/mol. The molecular formula is C18H31N3. The molecule has 3 atom stereocenters. The molecule has 0 bridgehead atoms. The van der Waals surface area contributed by atoms with E-state index in [0.29, 0.717) is 0 Å². The summed E-state index contributed by atoms with van der Waals surface area (Å²) in [5.41, 5.74) is 2.76. The number of nitrogens with zero attached hydrogens (tertiary/aromatic N) is 3. The minimum absolute atomic E-state index is 0.819. The van der Waals surface area contributed by atoms with Crippen LogP contribution in [0.4, 0.5) is 0 Å². The molecule has 1 saturated carbocycles. The quantitative estimate of drug-likeness (QED) is 0.733. The van der Waals surface area contributed by atoms with Gasteiger partial charge in [0.25, 0.3) is 0 Å². The largest absolute Gasteiger partial charge is 0.249 e. The standard InChI is InChI=1S/C18H31N3/c1-4-14-15-8-10-17-18(11-9-16(14)15)21(20-19-17)12-6-5-7-13(2)3/h13-16H,4-12H2,1-3H3/t14-,15-,16+/m0/s1. The molecule has 3 rings (SSSR count). The van der Waals surface area contributed by atoms with Crippen LogP contribution in [-0.2, 0) is 19.4 Å². The summed E-state index contributed by atoms with van der Waals surface area (Å²) >= 11 is 0. The molecule has 118 valence electrons. The smallest absolute Gasteiger partial charge is 0.0859 e. The molecule has 2 aliphatic carbocycles. The fourth-order valence-electron chi connectivity index (χ4n) is 4.42. The van der Waals surface area contributed by atoms with Crippen molar-refractivity contribution in [3.05, 3.63) is 11.4 Å². The maximum Gasteiger partial charge on any atom is 0.0859 e. The van der Waals surface area contributed by atoms with Crippen molar-refractivity contribution < 1.29 is 0 Å². The molecule has 3 nitrogen and oxygen atoms in total. The molecule has 0 amide bonds. The number of unbranched alkanes of at least 4 members (excludes halogenated alkanes) is 1. The van der Waals surface area contributed by atoms with Crippen molar-refractivity contribution in [1.82, 2.24) is 15.0 Å². The van der Waals surface area contributed by atoms with Crippen molar-refractivity contribution >= 4 is 0 Å². The number of hydrogen-bond acceptors (Lipinski definition) is 2. The van der Waals surface area contributed by atoms with Crippen LogP contribution >= 0.6 is 0 Å².